The molecular weight excluding hydrogens is 359 g/mol. The number of carbonyl (C=O) groups is 1. The third-order valence-corrected chi connectivity index (χ3v) is 5.43. The van der Waals surface area contributed by atoms with Crippen LogP contribution in [0.15, 0.2) is 36.7 Å². The molecular formula is C21H23FN4O2. The second kappa shape index (κ2) is 8.06. The third-order valence-electron chi connectivity index (χ3n) is 5.43. The summed E-state index contributed by atoms with van der Waals surface area (Å²) in [6, 6.07) is 6.15. The van der Waals surface area contributed by atoms with E-state index in [2.05, 4.69) is 10.3 Å². The molecule has 1 unspecified atom stereocenters. The van der Waals surface area contributed by atoms with Gasteiger partial charge in [0.15, 0.2) is 0 Å². The summed E-state index contributed by atoms with van der Waals surface area (Å²) in [5.41, 5.74) is 2.32. The zero-order valence-corrected chi connectivity index (χ0v) is 15.6. The quantitative estimate of drug-likeness (QED) is 0.684. The summed E-state index contributed by atoms with van der Waals surface area (Å²) in [7, 11) is 0. The van der Waals surface area contributed by atoms with Crippen LogP contribution in [-0.2, 0) is 13.0 Å². The standard InChI is InChI=1S/C21H23FN4O2/c22-16-3-4-20-18(11-16)19(10-15-13-24-8-5-17(15)21(27)28)25-26(20)9-6-14-2-1-7-23-12-14/h3-5,8,11,13-14,23H,1-2,6-7,9-10,12H2,(H,27,28). The predicted molar refractivity (Wildman–Crippen MR) is 104 cm³/mol. The highest BCUT2D eigenvalue weighted by molar-refractivity contribution is 5.89. The smallest absolute Gasteiger partial charge is 0.336 e. The number of aromatic carboxylic acids is 1. The molecule has 1 saturated heterocycles. The molecule has 2 N–H and O–H groups in total. The van der Waals surface area contributed by atoms with E-state index < -0.39 is 5.97 Å². The van der Waals surface area contributed by atoms with Crippen LogP contribution in [0.5, 0.6) is 0 Å². The van der Waals surface area contributed by atoms with Gasteiger partial charge in [-0.05, 0) is 68.1 Å². The Morgan fingerprint density at radius 1 is 1.36 bits per heavy atom. The lowest BCUT2D eigenvalue weighted by atomic mass is 9.96. The Hall–Kier alpha value is -2.80. The summed E-state index contributed by atoms with van der Waals surface area (Å²) in [5, 5.41) is 18.3. The SMILES string of the molecule is O=C(O)c1ccncc1Cc1nn(CCC2CCCNC2)c2ccc(F)cc12. The molecule has 3 heterocycles. The minimum atomic E-state index is -1.00. The fourth-order valence-electron chi connectivity index (χ4n) is 3.95. The number of fused-ring (bicyclic) bond motifs is 1. The van der Waals surface area contributed by atoms with Gasteiger partial charge >= 0.3 is 5.97 Å². The van der Waals surface area contributed by atoms with Crippen molar-refractivity contribution >= 4 is 16.9 Å². The fraction of sp³-hybridized carbons (Fsp3) is 0.381. The van der Waals surface area contributed by atoms with Crippen LogP contribution in [0.1, 0.15) is 40.9 Å². The molecule has 7 heteroatoms. The molecule has 6 nitrogen and oxygen atoms in total. The van der Waals surface area contributed by atoms with Gasteiger partial charge < -0.3 is 10.4 Å². The van der Waals surface area contributed by atoms with Crippen molar-refractivity contribution in [3.05, 3.63) is 59.3 Å². The van der Waals surface area contributed by atoms with Gasteiger partial charge in [-0.15, -0.1) is 0 Å². The first-order valence-corrected chi connectivity index (χ1v) is 9.63. The summed E-state index contributed by atoms with van der Waals surface area (Å²) < 4.78 is 15.8. The zero-order valence-electron chi connectivity index (χ0n) is 15.6. The van der Waals surface area contributed by atoms with Crippen LogP contribution in [0.4, 0.5) is 4.39 Å². The number of halogens is 1. The lowest BCUT2D eigenvalue weighted by molar-refractivity contribution is 0.0695. The molecule has 0 spiro atoms. The Morgan fingerprint density at radius 2 is 2.25 bits per heavy atom. The third kappa shape index (κ3) is 3.89. The van der Waals surface area contributed by atoms with Crippen molar-refractivity contribution < 1.29 is 14.3 Å². The average Bonchev–Trinajstić information content (AvgIpc) is 3.04. The number of pyridine rings is 1. The minimum Gasteiger partial charge on any atom is -0.478 e. The molecule has 1 atom stereocenters. The van der Waals surface area contributed by atoms with Crippen LogP contribution >= 0.6 is 0 Å². The Morgan fingerprint density at radius 3 is 3.04 bits per heavy atom. The van der Waals surface area contributed by atoms with Crippen LogP contribution in [0.2, 0.25) is 0 Å². The number of benzene rings is 1. The Labute approximate surface area is 162 Å². The van der Waals surface area contributed by atoms with E-state index in [0.717, 1.165) is 37.0 Å². The molecule has 0 aliphatic carbocycles. The number of nitrogens with one attached hydrogen (secondary N) is 1. The number of carboxylic acids is 1. The van der Waals surface area contributed by atoms with Crippen LogP contribution < -0.4 is 5.32 Å². The van der Waals surface area contributed by atoms with Gasteiger partial charge in [0.1, 0.15) is 5.82 Å². The topological polar surface area (TPSA) is 80.0 Å². The van der Waals surface area contributed by atoms with E-state index in [0.29, 0.717) is 23.6 Å². The number of aryl methyl sites for hydroxylation is 1. The molecule has 1 aromatic carbocycles. The molecule has 0 radical (unpaired) electrons. The van der Waals surface area contributed by atoms with Crippen molar-refractivity contribution in [1.29, 1.82) is 0 Å². The summed E-state index contributed by atoms with van der Waals surface area (Å²) >= 11 is 0. The first-order chi connectivity index (χ1) is 13.6. The number of carboxylic acid groups (broad SMARTS) is 1. The van der Waals surface area contributed by atoms with E-state index in [1.54, 1.807) is 12.3 Å². The average molecular weight is 382 g/mol. The van der Waals surface area contributed by atoms with E-state index >= 15 is 0 Å². The minimum absolute atomic E-state index is 0.197. The number of nitrogens with zero attached hydrogens (tertiary/aromatic N) is 3. The van der Waals surface area contributed by atoms with E-state index in [4.69, 9.17) is 5.10 Å². The van der Waals surface area contributed by atoms with E-state index in [1.165, 1.54) is 37.2 Å². The van der Waals surface area contributed by atoms with Gasteiger partial charge in [0.05, 0.1) is 16.8 Å². The first kappa shape index (κ1) is 18.6. The summed E-state index contributed by atoms with van der Waals surface area (Å²) in [6.07, 6.45) is 6.72. The maximum absolute atomic E-state index is 13.9. The van der Waals surface area contributed by atoms with Crippen molar-refractivity contribution in [3.63, 3.8) is 0 Å². The maximum atomic E-state index is 13.9. The van der Waals surface area contributed by atoms with Crippen molar-refractivity contribution in [1.82, 2.24) is 20.1 Å². The number of aromatic nitrogens is 3. The van der Waals surface area contributed by atoms with Crippen molar-refractivity contribution in [3.8, 4) is 0 Å². The lowest BCUT2D eigenvalue weighted by Crippen LogP contribution is -2.30. The molecule has 146 valence electrons. The number of rotatable bonds is 6. The molecule has 0 bridgehead atoms. The van der Waals surface area contributed by atoms with E-state index in [9.17, 15) is 14.3 Å². The Kier molecular flexibility index (Phi) is 5.34. The van der Waals surface area contributed by atoms with Crippen LogP contribution in [0.3, 0.4) is 0 Å². The monoisotopic (exact) mass is 382 g/mol. The van der Waals surface area contributed by atoms with Crippen LogP contribution in [-0.4, -0.2) is 38.9 Å². The molecule has 3 aromatic rings. The molecule has 2 aromatic heterocycles. The van der Waals surface area contributed by atoms with Crippen molar-refractivity contribution in [2.45, 2.75) is 32.2 Å². The van der Waals surface area contributed by atoms with Crippen molar-refractivity contribution in [2.75, 3.05) is 13.1 Å². The lowest BCUT2D eigenvalue weighted by Gasteiger charge is -2.22. The second-order valence-electron chi connectivity index (χ2n) is 7.35. The molecule has 0 amide bonds. The Balaban J connectivity index is 1.64. The van der Waals surface area contributed by atoms with E-state index in [1.807, 2.05) is 4.68 Å². The van der Waals surface area contributed by atoms with Gasteiger partial charge in [0, 0.05) is 30.7 Å². The van der Waals surface area contributed by atoms with Gasteiger partial charge in [-0.1, -0.05) is 0 Å². The molecule has 28 heavy (non-hydrogen) atoms. The molecule has 1 aliphatic rings. The van der Waals surface area contributed by atoms with Gasteiger partial charge in [0.2, 0.25) is 0 Å². The van der Waals surface area contributed by atoms with Gasteiger partial charge in [-0.2, -0.15) is 5.10 Å². The van der Waals surface area contributed by atoms with Gasteiger partial charge in [-0.3, -0.25) is 9.67 Å². The Bertz CT molecular complexity index is 995. The number of hydrogen-bond donors (Lipinski definition) is 2. The number of hydrogen-bond acceptors (Lipinski definition) is 4. The molecule has 1 fully saturated rings. The maximum Gasteiger partial charge on any atom is 0.336 e. The van der Waals surface area contributed by atoms with Crippen molar-refractivity contribution in [2.24, 2.45) is 5.92 Å². The first-order valence-electron chi connectivity index (χ1n) is 9.63. The summed E-state index contributed by atoms with van der Waals surface area (Å²) in [6.45, 7) is 2.87. The highest BCUT2D eigenvalue weighted by Crippen LogP contribution is 2.25. The highest BCUT2D eigenvalue weighted by atomic mass is 19.1. The second-order valence-corrected chi connectivity index (χ2v) is 7.35. The van der Waals surface area contributed by atoms with E-state index in [-0.39, 0.29) is 11.4 Å². The molecule has 4 rings (SSSR count). The summed E-state index contributed by atoms with van der Waals surface area (Å²) in [4.78, 5) is 15.5. The zero-order chi connectivity index (χ0) is 19.5. The van der Waals surface area contributed by atoms with Gasteiger partial charge in [-0.25, -0.2) is 9.18 Å². The van der Waals surface area contributed by atoms with Gasteiger partial charge in [0.25, 0.3) is 0 Å². The highest BCUT2D eigenvalue weighted by Gasteiger charge is 2.18. The normalized spacial score (nSPS) is 17.1. The summed E-state index contributed by atoms with van der Waals surface area (Å²) in [5.74, 6) is -0.708. The molecule has 1 aliphatic heterocycles. The van der Waals surface area contributed by atoms with Crippen LogP contribution in [0, 0.1) is 11.7 Å². The molecule has 0 saturated carbocycles. The largest absolute Gasteiger partial charge is 0.478 e. The van der Waals surface area contributed by atoms with Crippen LogP contribution in [0.25, 0.3) is 10.9 Å². The number of piperidine rings is 1. The predicted octanol–water partition coefficient (Wildman–Crippen LogP) is 3.25. The fourth-order valence-corrected chi connectivity index (χ4v) is 3.95.